The molecule has 5 heteroatoms. The van der Waals surface area contributed by atoms with E-state index in [1.54, 1.807) is 0 Å². The first-order valence-corrected chi connectivity index (χ1v) is 7.30. The van der Waals surface area contributed by atoms with E-state index in [9.17, 15) is 14.0 Å². The van der Waals surface area contributed by atoms with Gasteiger partial charge < -0.3 is 10.4 Å². The first-order chi connectivity index (χ1) is 10.1. The van der Waals surface area contributed by atoms with Crippen molar-refractivity contribution in [1.29, 1.82) is 0 Å². The zero-order valence-electron chi connectivity index (χ0n) is 12.1. The maximum Gasteiger partial charge on any atom is 0.220 e. The third kappa shape index (κ3) is 7.56. The van der Waals surface area contributed by atoms with E-state index in [0.717, 1.165) is 25.7 Å². The minimum atomic E-state index is -0.384. The van der Waals surface area contributed by atoms with Crippen LogP contribution in [-0.2, 0) is 4.79 Å². The molecule has 0 atom stereocenters. The monoisotopic (exact) mass is 295 g/mol. The Morgan fingerprint density at radius 3 is 2.33 bits per heavy atom. The number of carbonyl (C=O) groups excluding carboxylic acids is 2. The van der Waals surface area contributed by atoms with Crippen LogP contribution in [0.5, 0.6) is 0 Å². The first-order valence-electron chi connectivity index (χ1n) is 7.30. The quantitative estimate of drug-likeness (QED) is 0.515. The molecule has 0 saturated heterocycles. The molecule has 4 nitrogen and oxygen atoms in total. The van der Waals surface area contributed by atoms with E-state index in [0.29, 0.717) is 12.1 Å². The second-order valence-electron chi connectivity index (χ2n) is 4.92. The number of nitrogens with one attached hydrogen (secondary N) is 1. The number of aliphatic hydroxyl groups is 1. The van der Waals surface area contributed by atoms with Crippen LogP contribution < -0.4 is 5.32 Å². The van der Waals surface area contributed by atoms with Gasteiger partial charge in [-0.1, -0.05) is 12.8 Å². The number of benzene rings is 1. The Bertz CT molecular complexity index is 445. The van der Waals surface area contributed by atoms with Crippen LogP contribution in [0.1, 0.15) is 48.9 Å². The summed E-state index contributed by atoms with van der Waals surface area (Å²) in [5.74, 6) is -0.689. The lowest BCUT2D eigenvalue weighted by atomic mass is 10.1. The molecule has 0 aliphatic rings. The van der Waals surface area contributed by atoms with Gasteiger partial charge >= 0.3 is 0 Å². The minimum absolute atomic E-state index is 0.127. The summed E-state index contributed by atoms with van der Waals surface area (Å²) in [6.45, 7) is 0.798. The number of ketones is 1. The molecule has 0 aromatic heterocycles. The zero-order chi connectivity index (χ0) is 15.5. The standard InChI is InChI=1S/C16H22FNO3/c17-14-7-5-13(6-8-14)15(20)9-10-16(21)18-11-3-1-2-4-12-19/h5-8,19H,1-4,9-12H2,(H,18,21). The third-order valence-electron chi connectivity index (χ3n) is 3.15. The van der Waals surface area contributed by atoms with Crippen molar-refractivity contribution in [2.75, 3.05) is 13.2 Å². The molecular formula is C16H22FNO3. The van der Waals surface area contributed by atoms with Gasteiger partial charge in [-0.2, -0.15) is 0 Å². The van der Waals surface area contributed by atoms with Crippen LogP contribution in [0, 0.1) is 5.82 Å². The van der Waals surface area contributed by atoms with Gasteiger partial charge in [-0.25, -0.2) is 4.39 Å². The van der Waals surface area contributed by atoms with E-state index in [-0.39, 0.29) is 37.0 Å². The average molecular weight is 295 g/mol. The molecule has 21 heavy (non-hydrogen) atoms. The molecule has 0 aliphatic heterocycles. The number of Topliss-reactive ketones (excluding diaryl/α,β-unsaturated/α-hetero) is 1. The number of halogens is 1. The molecule has 0 fully saturated rings. The second kappa shape index (κ2) is 10.0. The van der Waals surface area contributed by atoms with Crippen molar-refractivity contribution in [3.05, 3.63) is 35.6 Å². The molecular weight excluding hydrogens is 273 g/mol. The highest BCUT2D eigenvalue weighted by atomic mass is 19.1. The Hall–Kier alpha value is -1.75. The van der Waals surface area contributed by atoms with Crippen molar-refractivity contribution in [2.45, 2.75) is 38.5 Å². The lowest BCUT2D eigenvalue weighted by Gasteiger charge is -2.05. The Kier molecular flexibility index (Phi) is 8.28. The van der Waals surface area contributed by atoms with Crippen LogP contribution in [0.4, 0.5) is 4.39 Å². The molecule has 0 bridgehead atoms. The maximum atomic E-state index is 12.7. The Balaban J connectivity index is 2.15. The molecule has 0 aliphatic carbocycles. The van der Waals surface area contributed by atoms with Gasteiger partial charge in [-0.15, -0.1) is 0 Å². The number of unbranched alkanes of at least 4 members (excludes halogenated alkanes) is 3. The lowest BCUT2D eigenvalue weighted by molar-refractivity contribution is -0.121. The smallest absolute Gasteiger partial charge is 0.220 e. The summed E-state index contributed by atoms with van der Waals surface area (Å²) in [6, 6.07) is 5.33. The van der Waals surface area contributed by atoms with E-state index in [4.69, 9.17) is 5.11 Å². The lowest BCUT2D eigenvalue weighted by Crippen LogP contribution is -2.24. The fourth-order valence-corrected chi connectivity index (χ4v) is 1.91. The SMILES string of the molecule is O=C(CCC(=O)c1ccc(F)cc1)NCCCCCCO. The normalized spacial score (nSPS) is 10.4. The number of rotatable bonds is 10. The third-order valence-corrected chi connectivity index (χ3v) is 3.15. The van der Waals surface area contributed by atoms with Crippen LogP contribution >= 0.6 is 0 Å². The Morgan fingerprint density at radius 2 is 1.67 bits per heavy atom. The summed E-state index contributed by atoms with van der Waals surface area (Å²) < 4.78 is 12.7. The maximum absolute atomic E-state index is 12.7. The number of aliphatic hydroxyl groups excluding tert-OH is 1. The van der Waals surface area contributed by atoms with Gasteiger partial charge in [0.2, 0.25) is 5.91 Å². The topological polar surface area (TPSA) is 66.4 Å². The number of carbonyl (C=O) groups is 2. The van der Waals surface area contributed by atoms with Crippen molar-refractivity contribution < 1.29 is 19.1 Å². The zero-order valence-corrected chi connectivity index (χ0v) is 12.1. The van der Waals surface area contributed by atoms with Crippen molar-refractivity contribution in [2.24, 2.45) is 0 Å². The van der Waals surface area contributed by atoms with E-state index in [1.165, 1.54) is 24.3 Å². The van der Waals surface area contributed by atoms with Gasteiger partial charge in [0.25, 0.3) is 0 Å². The molecule has 0 heterocycles. The summed E-state index contributed by atoms with van der Waals surface area (Å²) >= 11 is 0. The van der Waals surface area contributed by atoms with Crippen LogP contribution in [0.25, 0.3) is 0 Å². The van der Waals surface area contributed by atoms with Gasteiger partial charge in [-0.05, 0) is 37.1 Å². The van der Waals surface area contributed by atoms with E-state index in [1.807, 2.05) is 0 Å². The van der Waals surface area contributed by atoms with Gasteiger partial charge in [0.15, 0.2) is 5.78 Å². The predicted octanol–water partition coefficient (Wildman–Crippen LogP) is 2.46. The molecule has 1 aromatic carbocycles. The summed E-state index contributed by atoms with van der Waals surface area (Å²) in [5, 5.41) is 11.4. The number of hydrogen-bond acceptors (Lipinski definition) is 3. The molecule has 1 amide bonds. The van der Waals surface area contributed by atoms with Crippen LogP contribution in [-0.4, -0.2) is 29.9 Å². The molecule has 2 N–H and O–H groups in total. The van der Waals surface area contributed by atoms with E-state index < -0.39 is 0 Å². The highest BCUT2D eigenvalue weighted by Gasteiger charge is 2.09. The average Bonchev–Trinajstić information content (AvgIpc) is 2.49. The van der Waals surface area contributed by atoms with Crippen LogP contribution in [0.2, 0.25) is 0 Å². The molecule has 116 valence electrons. The van der Waals surface area contributed by atoms with E-state index >= 15 is 0 Å². The summed E-state index contributed by atoms with van der Waals surface area (Å²) in [4.78, 5) is 23.3. The molecule has 1 rings (SSSR count). The van der Waals surface area contributed by atoms with Crippen molar-refractivity contribution in [1.82, 2.24) is 5.32 Å². The highest BCUT2D eigenvalue weighted by Crippen LogP contribution is 2.07. The van der Waals surface area contributed by atoms with E-state index in [2.05, 4.69) is 5.32 Å². The van der Waals surface area contributed by atoms with Crippen molar-refractivity contribution >= 4 is 11.7 Å². The molecule has 0 unspecified atom stereocenters. The molecule has 0 saturated carbocycles. The van der Waals surface area contributed by atoms with Gasteiger partial charge in [0.05, 0.1) is 0 Å². The summed E-state index contributed by atoms with van der Waals surface area (Å²) in [6.07, 6.45) is 3.86. The summed E-state index contributed by atoms with van der Waals surface area (Å²) in [7, 11) is 0. The fraction of sp³-hybridized carbons (Fsp3) is 0.500. The second-order valence-corrected chi connectivity index (χ2v) is 4.92. The highest BCUT2D eigenvalue weighted by molar-refractivity contribution is 5.97. The molecule has 0 spiro atoms. The Labute approximate surface area is 124 Å². The fourth-order valence-electron chi connectivity index (χ4n) is 1.91. The number of amides is 1. The van der Waals surface area contributed by atoms with Crippen LogP contribution in [0.15, 0.2) is 24.3 Å². The molecule has 0 radical (unpaired) electrons. The predicted molar refractivity (Wildman–Crippen MR) is 78.5 cm³/mol. The largest absolute Gasteiger partial charge is 0.396 e. The van der Waals surface area contributed by atoms with Crippen LogP contribution in [0.3, 0.4) is 0 Å². The minimum Gasteiger partial charge on any atom is -0.396 e. The van der Waals surface area contributed by atoms with Crippen molar-refractivity contribution in [3.63, 3.8) is 0 Å². The number of hydrogen-bond donors (Lipinski definition) is 2. The van der Waals surface area contributed by atoms with Gasteiger partial charge in [-0.3, -0.25) is 9.59 Å². The van der Waals surface area contributed by atoms with Gasteiger partial charge in [0.1, 0.15) is 5.82 Å². The first kappa shape index (κ1) is 17.3. The van der Waals surface area contributed by atoms with Crippen molar-refractivity contribution in [3.8, 4) is 0 Å². The van der Waals surface area contributed by atoms with Gasteiger partial charge in [0, 0.05) is 31.6 Å². The Morgan fingerprint density at radius 1 is 1.00 bits per heavy atom. The summed E-state index contributed by atoms with van der Waals surface area (Å²) in [5.41, 5.74) is 0.424. The molecule has 1 aromatic rings.